The van der Waals surface area contributed by atoms with Crippen LogP contribution < -0.4 is 10.1 Å². The largest absolute Gasteiger partial charge is 0.508 e. The maximum Gasteiger partial charge on any atom is 0.217 e. The van der Waals surface area contributed by atoms with Crippen molar-refractivity contribution in [2.75, 3.05) is 7.11 Å². The molecule has 20 heavy (non-hydrogen) atoms. The van der Waals surface area contributed by atoms with E-state index in [0.717, 1.165) is 16.7 Å². The van der Waals surface area contributed by atoms with Crippen LogP contribution in [0.3, 0.4) is 0 Å². The number of nitrogens with one attached hydrogen (secondary N) is 1. The molecule has 0 fully saturated rings. The molecule has 0 amide bonds. The molecule has 0 radical (unpaired) electrons. The highest BCUT2D eigenvalue weighted by Gasteiger charge is 2.11. The molecule has 0 saturated carbocycles. The first-order valence-electron chi connectivity index (χ1n) is 6.62. The lowest BCUT2D eigenvalue weighted by Crippen LogP contribution is -2.19. The average molecular weight is 272 g/mol. The smallest absolute Gasteiger partial charge is 0.217 e. The highest BCUT2D eigenvalue weighted by Crippen LogP contribution is 2.25. The first-order valence-corrected chi connectivity index (χ1v) is 6.62. The quantitative estimate of drug-likeness (QED) is 0.878. The number of aryl methyl sites for hydroxylation is 1. The summed E-state index contributed by atoms with van der Waals surface area (Å²) in [6, 6.07) is 9.52. The van der Waals surface area contributed by atoms with Crippen LogP contribution >= 0.6 is 0 Å². The van der Waals surface area contributed by atoms with E-state index in [1.54, 1.807) is 19.4 Å². The molecule has 0 saturated heterocycles. The van der Waals surface area contributed by atoms with Gasteiger partial charge in [-0.1, -0.05) is 23.8 Å². The summed E-state index contributed by atoms with van der Waals surface area (Å²) in [5.41, 5.74) is 3.02. The number of benzene rings is 1. The lowest BCUT2D eigenvalue weighted by Gasteiger charge is -2.17. The SMILES string of the molecule is COc1ncccc1CNC(C)c1cc(C)ccc1O. The fourth-order valence-electron chi connectivity index (χ4n) is 2.14. The molecule has 4 nitrogen and oxygen atoms in total. The maximum absolute atomic E-state index is 9.93. The Hall–Kier alpha value is -2.07. The van der Waals surface area contributed by atoms with Gasteiger partial charge < -0.3 is 15.2 Å². The Morgan fingerprint density at radius 3 is 2.90 bits per heavy atom. The van der Waals surface area contributed by atoms with Crippen molar-refractivity contribution in [1.82, 2.24) is 10.3 Å². The van der Waals surface area contributed by atoms with Crippen molar-refractivity contribution in [3.63, 3.8) is 0 Å². The number of aromatic nitrogens is 1. The van der Waals surface area contributed by atoms with Crippen LogP contribution in [0.25, 0.3) is 0 Å². The number of nitrogens with zero attached hydrogens (tertiary/aromatic N) is 1. The lowest BCUT2D eigenvalue weighted by molar-refractivity contribution is 0.388. The van der Waals surface area contributed by atoms with Gasteiger partial charge in [0.15, 0.2) is 0 Å². The Labute approximate surface area is 119 Å². The Morgan fingerprint density at radius 2 is 2.15 bits per heavy atom. The van der Waals surface area contributed by atoms with E-state index < -0.39 is 0 Å². The molecule has 0 spiro atoms. The average Bonchev–Trinajstić information content (AvgIpc) is 2.47. The summed E-state index contributed by atoms with van der Waals surface area (Å²) in [4.78, 5) is 4.17. The van der Waals surface area contributed by atoms with Crippen molar-refractivity contribution in [3.05, 3.63) is 53.2 Å². The van der Waals surface area contributed by atoms with Gasteiger partial charge in [0, 0.05) is 29.9 Å². The van der Waals surface area contributed by atoms with Crippen molar-refractivity contribution in [2.45, 2.75) is 26.4 Å². The fourth-order valence-corrected chi connectivity index (χ4v) is 2.14. The molecular weight excluding hydrogens is 252 g/mol. The summed E-state index contributed by atoms with van der Waals surface area (Å²) in [6.45, 7) is 4.67. The van der Waals surface area contributed by atoms with Crippen molar-refractivity contribution < 1.29 is 9.84 Å². The van der Waals surface area contributed by atoms with E-state index in [0.29, 0.717) is 18.2 Å². The van der Waals surface area contributed by atoms with Crippen LogP contribution in [-0.4, -0.2) is 17.2 Å². The van der Waals surface area contributed by atoms with E-state index in [9.17, 15) is 5.11 Å². The highest BCUT2D eigenvalue weighted by atomic mass is 16.5. The van der Waals surface area contributed by atoms with Crippen LogP contribution in [-0.2, 0) is 6.54 Å². The summed E-state index contributed by atoms with van der Waals surface area (Å²) < 4.78 is 5.23. The van der Waals surface area contributed by atoms with E-state index in [-0.39, 0.29) is 6.04 Å². The van der Waals surface area contributed by atoms with Gasteiger partial charge in [-0.15, -0.1) is 0 Å². The summed E-state index contributed by atoms with van der Waals surface area (Å²) >= 11 is 0. The normalized spacial score (nSPS) is 12.2. The molecule has 1 heterocycles. The summed E-state index contributed by atoms with van der Waals surface area (Å²) in [6.07, 6.45) is 1.71. The zero-order valence-corrected chi connectivity index (χ0v) is 12.1. The van der Waals surface area contributed by atoms with Gasteiger partial charge in [0.1, 0.15) is 5.75 Å². The molecule has 0 aliphatic rings. The molecule has 0 bridgehead atoms. The minimum absolute atomic E-state index is 0.0415. The second-order valence-corrected chi connectivity index (χ2v) is 4.84. The first kappa shape index (κ1) is 14.3. The number of aromatic hydroxyl groups is 1. The third-order valence-electron chi connectivity index (χ3n) is 3.29. The third-order valence-corrected chi connectivity index (χ3v) is 3.29. The van der Waals surface area contributed by atoms with E-state index in [2.05, 4.69) is 10.3 Å². The molecule has 106 valence electrons. The van der Waals surface area contributed by atoms with Crippen molar-refractivity contribution in [3.8, 4) is 11.6 Å². The first-order chi connectivity index (χ1) is 9.61. The monoisotopic (exact) mass is 272 g/mol. The predicted molar refractivity (Wildman–Crippen MR) is 78.9 cm³/mol. The topological polar surface area (TPSA) is 54.4 Å². The molecular formula is C16H20N2O2. The van der Waals surface area contributed by atoms with Crippen LogP contribution in [0, 0.1) is 6.92 Å². The predicted octanol–water partition coefficient (Wildman–Crippen LogP) is 2.96. The van der Waals surface area contributed by atoms with E-state index in [1.807, 2.05) is 38.1 Å². The van der Waals surface area contributed by atoms with Crippen LogP contribution in [0.5, 0.6) is 11.6 Å². The second-order valence-electron chi connectivity index (χ2n) is 4.84. The van der Waals surface area contributed by atoms with Gasteiger partial charge >= 0.3 is 0 Å². The third kappa shape index (κ3) is 3.27. The minimum Gasteiger partial charge on any atom is -0.508 e. The van der Waals surface area contributed by atoms with Gasteiger partial charge in [-0.25, -0.2) is 4.98 Å². The van der Waals surface area contributed by atoms with Gasteiger partial charge in [-0.3, -0.25) is 0 Å². The van der Waals surface area contributed by atoms with E-state index >= 15 is 0 Å². The zero-order valence-electron chi connectivity index (χ0n) is 12.1. The maximum atomic E-state index is 9.93. The van der Waals surface area contributed by atoms with Crippen LogP contribution in [0.1, 0.15) is 29.7 Å². The molecule has 4 heteroatoms. The number of hydrogen-bond acceptors (Lipinski definition) is 4. The lowest BCUT2D eigenvalue weighted by atomic mass is 10.0. The van der Waals surface area contributed by atoms with Gasteiger partial charge in [-0.2, -0.15) is 0 Å². The standard InChI is InChI=1S/C16H20N2O2/c1-11-6-7-15(19)14(9-11)12(2)18-10-13-5-4-8-17-16(13)20-3/h4-9,12,18-19H,10H2,1-3H3. The number of methoxy groups -OCH3 is 1. The minimum atomic E-state index is 0.0415. The Bertz CT molecular complexity index is 584. The molecule has 1 atom stereocenters. The van der Waals surface area contributed by atoms with Gasteiger partial charge in [0.2, 0.25) is 5.88 Å². The van der Waals surface area contributed by atoms with Crippen molar-refractivity contribution in [1.29, 1.82) is 0 Å². The van der Waals surface area contributed by atoms with Crippen molar-refractivity contribution >= 4 is 0 Å². The number of hydrogen-bond donors (Lipinski definition) is 2. The Morgan fingerprint density at radius 1 is 1.35 bits per heavy atom. The zero-order chi connectivity index (χ0) is 14.5. The second kappa shape index (κ2) is 6.39. The number of pyridine rings is 1. The Kier molecular flexibility index (Phi) is 4.58. The number of phenols is 1. The Balaban J connectivity index is 2.08. The molecule has 0 aliphatic heterocycles. The number of phenolic OH excluding ortho intramolecular Hbond substituents is 1. The van der Waals surface area contributed by atoms with Gasteiger partial charge in [0.25, 0.3) is 0 Å². The molecule has 1 aromatic carbocycles. The van der Waals surface area contributed by atoms with Crippen LogP contribution in [0.4, 0.5) is 0 Å². The molecule has 2 aromatic rings. The number of ether oxygens (including phenoxy) is 1. The van der Waals surface area contributed by atoms with Crippen LogP contribution in [0.15, 0.2) is 36.5 Å². The molecule has 1 unspecified atom stereocenters. The molecule has 0 aliphatic carbocycles. The van der Waals surface area contributed by atoms with Crippen LogP contribution in [0.2, 0.25) is 0 Å². The summed E-state index contributed by atoms with van der Waals surface area (Å²) in [7, 11) is 1.61. The summed E-state index contributed by atoms with van der Waals surface area (Å²) in [5.74, 6) is 0.939. The van der Waals surface area contributed by atoms with Crippen molar-refractivity contribution in [2.24, 2.45) is 0 Å². The van der Waals surface area contributed by atoms with E-state index in [1.165, 1.54) is 0 Å². The van der Waals surface area contributed by atoms with Gasteiger partial charge in [-0.05, 0) is 26.0 Å². The molecule has 1 aromatic heterocycles. The molecule has 2 rings (SSSR count). The fraction of sp³-hybridized carbons (Fsp3) is 0.312. The summed E-state index contributed by atoms with van der Waals surface area (Å²) in [5, 5.41) is 13.3. The van der Waals surface area contributed by atoms with Gasteiger partial charge in [0.05, 0.1) is 7.11 Å². The molecule has 2 N–H and O–H groups in total. The number of rotatable bonds is 5. The van der Waals surface area contributed by atoms with E-state index in [4.69, 9.17) is 4.74 Å². The highest BCUT2D eigenvalue weighted by molar-refractivity contribution is 5.38.